The van der Waals surface area contributed by atoms with Crippen molar-refractivity contribution in [3.05, 3.63) is 35.4 Å². The number of likely N-dealkylation sites (N-methyl/N-ethyl adjacent to an activating group) is 1. The van der Waals surface area contributed by atoms with Crippen LogP contribution in [0.2, 0.25) is 0 Å². The van der Waals surface area contributed by atoms with Crippen molar-refractivity contribution in [1.82, 2.24) is 5.32 Å². The van der Waals surface area contributed by atoms with Gasteiger partial charge in [0.1, 0.15) is 0 Å². The van der Waals surface area contributed by atoms with Crippen LogP contribution in [0.3, 0.4) is 0 Å². The van der Waals surface area contributed by atoms with E-state index in [1.54, 1.807) is 12.1 Å². The summed E-state index contributed by atoms with van der Waals surface area (Å²) in [7, 11) is 0. The van der Waals surface area contributed by atoms with Gasteiger partial charge < -0.3 is 10.1 Å². The largest absolute Gasteiger partial charge is 0.381 e. The van der Waals surface area contributed by atoms with Crippen molar-refractivity contribution in [1.29, 1.82) is 0 Å². The van der Waals surface area contributed by atoms with Crippen molar-refractivity contribution in [2.45, 2.75) is 39.2 Å². The molecule has 0 aliphatic heterocycles. The molecule has 0 bridgehead atoms. The van der Waals surface area contributed by atoms with E-state index in [0.717, 1.165) is 32.1 Å². The van der Waals surface area contributed by atoms with Crippen LogP contribution in [0.25, 0.3) is 0 Å². The zero-order chi connectivity index (χ0) is 14.1. The number of nitrogens with one attached hydrogen (secondary N) is 1. The van der Waals surface area contributed by atoms with E-state index in [9.17, 15) is 8.78 Å². The Labute approximate surface area is 114 Å². The summed E-state index contributed by atoms with van der Waals surface area (Å²) >= 11 is 0. The lowest BCUT2D eigenvalue weighted by Gasteiger charge is -2.18. The third-order valence-electron chi connectivity index (χ3n) is 2.95. The van der Waals surface area contributed by atoms with Gasteiger partial charge >= 0.3 is 0 Å². The second-order valence-electron chi connectivity index (χ2n) is 4.57. The minimum Gasteiger partial charge on any atom is -0.381 e. The minimum atomic E-state index is -0.782. The highest BCUT2D eigenvalue weighted by molar-refractivity contribution is 5.20. The number of rotatable bonds is 9. The molecule has 0 amide bonds. The first-order valence-electron chi connectivity index (χ1n) is 6.93. The molecule has 0 saturated heterocycles. The predicted octanol–water partition coefficient (Wildman–Crippen LogP) is 3.30. The maximum Gasteiger partial charge on any atom is 0.162 e. The molecule has 1 N–H and O–H groups in total. The molecule has 19 heavy (non-hydrogen) atoms. The quantitative estimate of drug-likeness (QED) is 0.696. The molecule has 0 aromatic heterocycles. The van der Waals surface area contributed by atoms with Gasteiger partial charge in [0.25, 0.3) is 0 Å². The lowest BCUT2D eigenvalue weighted by Crippen LogP contribution is -2.32. The molecule has 0 heterocycles. The van der Waals surface area contributed by atoms with Gasteiger partial charge in [-0.1, -0.05) is 26.0 Å². The Morgan fingerprint density at radius 3 is 2.68 bits per heavy atom. The number of halogens is 2. The lowest BCUT2D eigenvalue weighted by molar-refractivity contribution is 0.124. The SMILES string of the molecule is CCCOCCC(Cc1cccc(F)c1F)NCC. The molecule has 0 fully saturated rings. The molecule has 108 valence electrons. The van der Waals surface area contributed by atoms with Gasteiger partial charge in [-0.2, -0.15) is 0 Å². The Hall–Kier alpha value is -1.00. The third kappa shape index (κ3) is 5.66. The van der Waals surface area contributed by atoms with E-state index in [2.05, 4.69) is 12.2 Å². The summed E-state index contributed by atoms with van der Waals surface area (Å²) in [4.78, 5) is 0. The fourth-order valence-corrected chi connectivity index (χ4v) is 2.01. The van der Waals surface area contributed by atoms with E-state index in [0.29, 0.717) is 18.6 Å². The highest BCUT2D eigenvalue weighted by Gasteiger charge is 2.13. The Morgan fingerprint density at radius 2 is 2.00 bits per heavy atom. The Balaban J connectivity index is 2.54. The van der Waals surface area contributed by atoms with Gasteiger partial charge in [-0.05, 0) is 37.4 Å². The third-order valence-corrected chi connectivity index (χ3v) is 2.95. The van der Waals surface area contributed by atoms with E-state index in [1.807, 2.05) is 6.92 Å². The number of hydrogen-bond donors (Lipinski definition) is 1. The van der Waals surface area contributed by atoms with Crippen LogP contribution in [-0.2, 0) is 11.2 Å². The van der Waals surface area contributed by atoms with Gasteiger partial charge in [0.05, 0.1) is 0 Å². The van der Waals surface area contributed by atoms with Crippen molar-refractivity contribution in [2.24, 2.45) is 0 Å². The monoisotopic (exact) mass is 271 g/mol. The predicted molar refractivity (Wildman–Crippen MR) is 73.3 cm³/mol. The van der Waals surface area contributed by atoms with Crippen LogP contribution >= 0.6 is 0 Å². The Morgan fingerprint density at radius 1 is 1.21 bits per heavy atom. The van der Waals surface area contributed by atoms with Crippen molar-refractivity contribution in [2.75, 3.05) is 19.8 Å². The average Bonchev–Trinajstić information content (AvgIpc) is 2.40. The fraction of sp³-hybridized carbons (Fsp3) is 0.600. The maximum atomic E-state index is 13.6. The van der Waals surface area contributed by atoms with E-state index >= 15 is 0 Å². The van der Waals surface area contributed by atoms with Crippen molar-refractivity contribution in [3.63, 3.8) is 0 Å². The summed E-state index contributed by atoms with van der Waals surface area (Å²) in [5.74, 6) is -1.52. The van der Waals surface area contributed by atoms with Gasteiger partial charge in [0.2, 0.25) is 0 Å². The smallest absolute Gasteiger partial charge is 0.162 e. The molecule has 4 heteroatoms. The van der Waals surface area contributed by atoms with Crippen molar-refractivity contribution < 1.29 is 13.5 Å². The molecule has 0 aliphatic rings. The molecule has 1 rings (SSSR count). The van der Waals surface area contributed by atoms with E-state index < -0.39 is 11.6 Å². The first-order valence-corrected chi connectivity index (χ1v) is 6.93. The van der Waals surface area contributed by atoms with Gasteiger partial charge in [0, 0.05) is 19.3 Å². The second kappa shape index (κ2) is 8.99. The molecule has 0 saturated carbocycles. The highest BCUT2D eigenvalue weighted by Crippen LogP contribution is 2.14. The molecular weight excluding hydrogens is 248 g/mol. The molecule has 1 atom stereocenters. The molecule has 0 radical (unpaired) electrons. The van der Waals surface area contributed by atoms with Crippen LogP contribution in [0.15, 0.2) is 18.2 Å². The standard InChI is InChI=1S/C15H23F2NO/c1-3-9-19-10-8-13(18-4-2)11-12-6-5-7-14(16)15(12)17/h5-7,13,18H,3-4,8-11H2,1-2H3. The molecule has 1 aromatic rings. The Bertz CT molecular complexity index is 371. The van der Waals surface area contributed by atoms with Gasteiger partial charge in [-0.15, -0.1) is 0 Å². The summed E-state index contributed by atoms with van der Waals surface area (Å²) in [6.45, 7) is 6.25. The summed E-state index contributed by atoms with van der Waals surface area (Å²) < 4.78 is 32.2. The molecule has 0 spiro atoms. The topological polar surface area (TPSA) is 21.3 Å². The summed E-state index contributed by atoms with van der Waals surface area (Å²) in [6, 6.07) is 4.43. The van der Waals surface area contributed by atoms with E-state index in [-0.39, 0.29) is 6.04 Å². The molecule has 1 unspecified atom stereocenters. The van der Waals surface area contributed by atoms with E-state index in [1.165, 1.54) is 0 Å². The number of ether oxygens (including phenoxy) is 1. The summed E-state index contributed by atoms with van der Waals surface area (Å²) in [6.07, 6.45) is 2.26. The molecular formula is C15H23F2NO. The summed E-state index contributed by atoms with van der Waals surface area (Å²) in [5.41, 5.74) is 0.418. The maximum absolute atomic E-state index is 13.6. The van der Waals surface area contributed by atoms with Gasteiger partial charge in [-0.25, -0.2) is 8.78 Å². The van der Waals surface area contributed by atoms with Crippen LogP contribution in [0, 0.1) is 11.6 Å². The molecule has 1 aromatic carbocycles. The van der Waals surface area contributed by atoms with Crippen LogP contribution in [0.5, 0.6) is 0 Å². The van der Waals surface area contributed by atoms with Gasteiger partial charge in [0.15, 0.2) is 11.6 Å². The van der Waals surface area contributed by atoms with Crippen LogP contribution in [0.1, 0.15) is 32.3 Å². The lowest BCUT2D eigenvalue weighted by atomic mass is 10.0. The number of benzene rings is 1. The Kier molecular flexibility index (Phi) is 7.60. The highest BCUT2D eigenvalue weighted by atomic mass is 19.2. The van der Waals surface area contributed by atoms with Crippen molar-refractivity contribution >= 4 is 0 Å². The summed E-state index contributed by atoms with van der Waals surface area (Å²) in [5, 5.41) is 3.29. The minimum absolute atomic E-state index is 0.109. The molecule has 2 nitrogen and oxygen atoms in total. The normalized spacial score (nSPS) is 12.6. The second-order valence-corrected chi connectivity index (χ2v) is 4.57. The zero-order valence-corrected chi connectivity index (χ0v) is 11.7. The first kappa shape index (κ1) is 16.1. The van der Waals surface area contributed by atoms with Crippen molar-refractivity contribution in [3.8, 4) is 0 Å². The average molecular weight is 271 g/mol. The zero-order valence-electron chi connectivity index (χ0n) is 11.7. The van der Waals surface area contributed by atoms with Crippen LogP contribution in [0.4, 0.5) is 8.78 Å². The van der Waals surface area contributed by atoms with Crippen LogP contribution in [-0.4, -0.2) is 25.8 Å². The molecule has 0 aliphatic carbocycles. The van der Waals surface area contributed by atoms with Crippen LogP contribution < -0.4 is 5.32 Å². The van der Waals surface area contributed by atoms with Gasteiger partial charge in [-0.3, -0.25) is 0 Å². The number of hydrogen-bond acceptors (Lipinski definition) is 2. The first-order chi connectivity index (χ1) is 9.19. The van der Waals surface area contributed by atoms with E-state index in [4.69, 9.17) is 4.74 Å². The fourth-order valence-electron chi connectivity index (χ4n) is 2.01.